The Morgan fingerprint density at radius 1 is 1.11 bits per heavy atom. The van der Waals surface area contributed by atoms with Gasteiger partial charge in [0.25, 0.3) is 0 Å². The van der Waals surface area contributed by atoms with Crippen LogP contribution in [-0.4, -0.2) is 67.9 Å². The van der Waals surface area contributed by atoms with Gasteiger partial charge in [-0.2, -0.15) is 0 Å². The minimum absolute atomic E-state index is 0.0687. The van der Waals surface area contributed by atoms with E-state index in [1.165, 1.54) is 5.56 Å². The van der Waals surface area contributed by atoms with Crippen molar-refractivity contribution in [2.45, 2.75) is 33.1 Å². The van der Waals surface area contributed by atoms with Crippen LogP contribution in [0.15, 0.2) is 24.3 Å². The first-order valence-corrected chi connectivity index (χ1v) is 9.49. The van der Waals surface area contributed by atoms with Crippen LogP contribution in [0.3, 0.4) is 0 Å². The molecule has 0 spiro atoms. The van der Waals surface area contributed by atoms with E-state index in [0.29, 0.717) is 45.9 Å². The maximum atomic E-state index is 12.2. The van der Waals surface area contributed by atoms with Crippen LogP contribution >= 0.6 is 0 Å². The second kappa shape index (κ2) is 9.48. The summed E-state index contributed by atoms with van der Waals surface area (Å²) in [5, 5.41) is 2.86. The molecule has 1 N–H and O–H groups in total. The third kappa shape index (κ3) is 6.34. The average Bonchev–Trinajstić information content (AvgIpc) is 2.65. The topological polar surface area (TPSA) is 71.1 Å². The van der Waals surface area contributed by atoms with Crippen LogP contribution in [-0.2, 0) is 10.2 Å². The molecule has 0 atom stereocenters. The maximum absolute atomic E-state index is 12.2. The lowest BCUT2D eigenvalue weighted by Gasteiger charge is -2.34. The number of rotatable bonds is 5. The highest BCUT2D eigenvalue weighted by Crippen LogP contribution is 2.25. The van der Waals surface area contributed by atoms with Crippen molar-refractivity contribution in [2.24, 2.45) is 0 Å². The van der Waals surface area contributed by atoms with Crippen LogP contribution in [0.5, 0.6) is 5.75 Å². The van der Waals surface area contributed by atoms with E-state index in [4.69, 9.17) is 9.47 Å². The van der Waals surface area contributed by atoms with Gasteiger partial charge in [0.2, 0.25) is 0 Å². The molecule has 0 unspecified atom stereocenters. The number of benzene rings is 1. The second-order valence-electron chi connectivity index (χ2n) is 7.53. The van der Waals surface area contributed by atoms with Gasteiger partial charge in [-0.05, 0) is 30.0 Å². The molecule has 27 heavy (non-hydrogen) atoms. The molecule has 7 heteroatoms. The normalized spacial score (nSPS) is 14.7. The lowest BCUT2D eigenvalue weighted by atomic mass is 9.87. The molecule has 7 nitrogen and oxygen atoms in total. The molecule has 0 saturated carbocycles. The van der Waals surface area contributed by atoms with Gasteiger partial charge in [0.05, 0.1) is 13.2 Å². The van der Waals surface area contributed by atoms with E-state index in [0.717, 1.165) is 5.75 Å². The zero-order valence-corrected chi connectivity index (χ0v) is 16.8. The Labute approximate surface area is 161 Å². The number of urea groups is 1. The minimum Gasteiger partial charge on any atom is -0.492 e. The Kier molecular flexibility index (Phi) is 7.33. The van der Waals surface area contributed by atoms with Gasteiger partial charge >= 0.3 is 12.1 Å². The zero-order valence-electron chi connectivity index (χ0n) is 16.8. The number of hydrogen-bond acceptors (Lipinski definition) is 4. The molecule has 1 aliphatic heterocycles. The van der Waals surface area contributed by atoms with E-state index in [-0.39, 0.29) is 17.5 Å². The number of nitrogens with zero attached hydrogens (tertiary/aromatic N) is 2. The quantitative estimate of drug-likeness (QED) is 0.801. The summed E-state index contributed by atoms with van der Waals surface area (Å²) < 4.78 is 10.7. The number of amides is 3. The third-order valence-corrected chi connectivity index (χ3v) is 4.44. The van der Waals surface area contributed by atoms with Gasteiger partial charge in [-0.15, -0.1) is 0 Å². The first-order valence-electron chi connectivity index (χ1n) is 9.49. The molecule has 1 aromatic carbocycles. The van der Waals surface area contributed by atoms with Crippen LogP contribution < -0.4 is 10.1 Å². The molecular formula is C20H31N3O4. The standard InChI is InChI=1S/C20H31N3O4/c1-5-26-19(25)23-12-10-22(11-13-23)18(24)21-9-14-27-17-8-6-7-16(15-17)20(2,3)4/h6-8,15H,5,9-14H2,1-4H3,(H,21,24). The summed E-state index contributed by atoms with van der Waals surface area (Å²) in [6.07, 6.45) is -0.316. The smallest absolute Gasteiger partial charge is 0.409 e. The fraction of sp³-hybridized carbons (Fsp3) is 0.600. The molecule has 1 aliphatic rings. The predicted molar refractivity (Wildman–Crippen MR) is 104 cm³/mol. The molecule has 1 aromatic rings. The van der Waals surface area contributed by atoms with Crippen molar-refractivity contribution >= 4 is 12.1 Å². The van der Waals surface area contributed by atoms with Gasteiger partial charge in [0.1, 0.15) is 12.4 Å². The number of nitrogens with one attached hydrogen (secondary N) is 1. The van der Waals surface area contributed by atoms with Crippen molar-refractivity contribution in [1.82, 2.24) is 15.1 Å². The molecule has 1 heterocycles. The van der Waals surface area contributed by atoms with Gasteiger partial charge in [0, 0.05) is 26.2 Å². The summed E-state index contributed by atoms with van der Waals surface area (Å²) in [4.78, 5) is 27.2. The van der Waals surface area contributed by atoms with Crippen molar-refractivity contribution in [3.8, 4) is 5.75 Å². The number of piperazine rings is 1. The van der Waals surface area contributed by atoms with E-state index in [2.05, 4.69) is 32.2 Å². The predicted octanol–water partition coefficient (Wildman–Crippen LogP) is 2.85. The molecule has 0 aliphatic carbocycles. The number of hydrogen-bond donors (Lipinski definition) is 1. The van der Waals surface area contributed by atoms with Crippen molar-refractivity contribution in [2.75, 3.05) is 45.9 Å². The Hall–Kier alpha value is -2.44. The molecule has 0 radical (unpaired) electrons. The number of carbonyl (C=O) groups excluding carboxylic acids is 2. The van der Waals surface area contributed by atoms with Crippen LogP contribution in [0, 0.1) is 0 Å². The molecule has 1 saturated heterocycles. The summed E-state index contributed by atoms with van der Waals surface area (Å²) in [5.41, 5.74) is 1.28. The highest BCUT2D eigenvalue weighted by Gasteiger charge is 2.24. The lowest BCUT2D eigenvalue weighted by molar-refractivity contribution is 0.0851. The summed E-state index contributed by atoms with van der Waals surface area (Å²) >= 11 is 0. The molecule has 150 valence electrons. The molecule has 2 rings (SSSR count). The van der Waals surface area contributed by atoms with Crippen molar-refractivity contribution in [3.63, 3.8) is 0 Å². The molecule has 0 aromatic heterocycles. The zero-order chi connectivity index (χ0) is 19.9. The average molecular weight is 377 g/mol. The molecule has 0 bridgehead atoms. The van der Waals surface area contributed by atoms with Crippen LogP contribution in [0.2, 0.25) is 0 Å². The highest BCUT2D eigenvalue weighted by atomic mass is 16.6. The Morgan fingerprint density at radius 2 is 1.78 bits per heavy atom. The van der Waals surface area contributed by atoms with Gasteiger partial charge in [-0.3, -0.25) is 0 Å². The summed E-state index contributed by atoms with van der Waals surface area (Å²) in [6, 6.07) is 7.90. The number of ether oxygens (including phenoxy) is 2. The van der Waals surface area contributed by atoms with Gasteiger partial charge in [-0.25, -0.2) is 9.59 Å². The fourth-order valence-corrected chi connectivity index (χ4v) is 2.80. The fourth-order valence-electron chi connectivity index (χ4n) is 2.80. The third-order valence-electron chi connectivity index (χ3n) is 4.44. The van der Waals surface area contributed by atoms with E-state index in [9.17, 15) is 9.59 Å². The van der Waals surface area contributed by atoms with Gasteiger partial charge < -0.3 is 24.6 Å². The first kappa shape index (κ1) is 20.9. The van der Waals surface area contributed by atoms with E-state index >= 15 is 0 Å². The minimum atomic E-state index is -0.316. The van der Waals surface area contributed by atoms with E-state index in [1.54, 1.807) is 16.7 Å². The monoisotopic (exact) mass is 377 g/mol. The number of carbonyl (C=O) groups is 2. The SMILES string of the molecule is CCOC(=O)N1CCN(C(=O)NCCOc2cccc(C(C)(C)C)c2)CC1. The molecular weight excluding hydrogens is 346 g/mol. The van der Waals surface area contributed by atoms with Crippen LogP contribution in [0.4, 0.5) is 9.59 Å². The van der Waals surface area contributed by atoms with Gasteiger partial charge in [-0.1, -0.05) is 32.9 Å². The van der Waals surface area contributed by atoms with Gasteiger partial charge in [0.15, 0.2) is 0 Å². The lowest BCUT2D eigenvalue weighted by Crippen LogP contribution is -2.53. The Bertz CT molecular complexity index is 634. The first-order chi connectivity index (χ1) is 12.8. The summed E-state index contributed by atoms with van der Waals surface area (Å²) in [6.45, 7) is 11.4. The maximum Gasteiger partial charge on any atom is 0.409 e. The highest BCUT2D eigenvalue weighted by molar-refractivity contribution is 5.75. The van der Waals surface area contributed by atoms with Crippen LogP contribution in [0.1, 0.15) is 33.3 Å². The van der Waals surface area contributed by atoms with E-state index in [1.807, 2.05) is 18.2 Å². The van der Waals surface area contributed by atoms with Crippen molar-refractivity contribution in [3.05, 3.63) is 29.8 Å². The van der Waals surface area contributed by atoms with Crippen molar-refractivity contribution in [1.29, 1.82) is 0 Å². The Morgan fingerprint density at radius 3 is 2.41 bits per heavy atom. The van der Waals surface area contributed by atoms with Crippen molar-refractivity contribution < 1.29 is 19.1 Å². The Balaban J connectivity index is 1.69. The van der Waals surface area contributed by atoms with Crippen LogP contribution in [0.25, 0.3) is 0 Å². The molecule has 1 fully saturated rings. The van der Waals surface area contributed by atoms with E-state index < -0.39 is 0 Å². The second-order valence-corrected chi connectivity index (χ2v) is 7.53. The summed E-state index contributed by atoms with van der Waals surface area (Å²) in [5.74, 6) is 0.805. The summed E-state index contributed by atoms with van der Waals surface area (Å²) in [7, 11) is 0. The largest absolute Gasteiger partial charge is 0.492 e. The molecule has 3 amide bonds.